The van der Waals surface area contributed by atoms with E-state index in [0.29, 0.717) is 13.2 Å². The molecule has 0 amide bonds. The van der Waals surface area contributed by atoms with Crippen molar-refractivity contribution in [3.8, 4) is 5.75 Å². The van der Waals surface area contributed by atoms with Gasteiger partial charge < -0.3 is 10.5 Å². The molecular weight excluding hydrogens is 244 g/mol. The number of aromatic nitrogens is 1. The molecule has 1 aromatic heterocycles. The first-order chi connectivity index (χ1) is 8.60. The Kier molecular flexibility index (Phi) is 3.99. The van der Waals surface area contributed by atoms with E-state index in [0.717, 1.165) is 22.0 Å². The summed E-state index contributed by atoms with van der Waals surface area (Å²) in [4.78, 5) is 5.71. The van der Waals surface area contributed by atoms with E-state index in [2.05, 4.69) is 24.9 Å². The highest BCUT2D eigenvalue weighted by atomic mass is 32.1. The molecule has 2 rings (SSSR count). The van der Waals surface area contributed by atoms with Gasteiger partial charge in [0, 0.05) is 17.0 Å². The van der Waals surface area contributed by atoms with E-state index in [1.807, 2.05) is 19.1 Å². The van der Waals surface area contributed by atoms with Crippen molar-refractivity contribution in [2.45, 2.75) is 33.9 Å². The molecule has 96 valence electrons. The SMILES string of the molecule is Cc1ccc(OCc2nc(C)c(C)s2)c(CN)c1. The minimum atomic E-state index is 0.493. The predicted molar refractivity (Wildman–Crippen MR) is 75.0 cm³/mol. The number of nitrogens with two attached hydrogens (primary N) is 1. The number of thiazole rings is 1. The molecule has 0 aliphatic carbocycles. The molecular formula is C14H18N2OS. The number of hydrogen-bond acceptors (Lipinski definition) is 4. The summed E-state index contributed by atoms with van der Waals surface area (Å²) in [6.07, 6.45) is 0. The van der Waals surface area contributed by atoms with Crippen molar-refractivity contribution >= 4 is 11.3 Å². The maximum Gasteiger partial charge on any atom is 0.140 e. The molecule has 0 fully saturated rings. The Labute approximate surface area is 112 Å². The third-order valence-corrected chi connectivity index (χ3v) is 3.91. The van der Waals surface area contributed by atoms with E-state index in [-0.39, 0.29) is 0 Å². The quantitative estimate of drug-likeness (QED) is 0.921. The van der Waals surface area contributed by atoms with Crippen LogP contribution in [0.4, 0.5) is 0 Å². The number of hydrogen-bond donors (Lipinski definition) is 1. The topological polar surface area (TPSA) is 48.1 Å². The van der Waals surface area contributed by atoms with Crippen LogP contribution in [0, 0.1) is 20.8 Å². The van der Waals surface area contributed by atoms with Gasteiger partial charge in [-0.15, -0.1) is 11.3 Å². The maximum absolute atomic E-state index is 5.81. The fraction of sp³-hybridized carbons (Fsp3) is 0.357. The van der Waals surface area contributed by atoms with Crippen molar-refractivity contribution in [1.82, 2.24) is 4.98 Å². The van der Waals surface area contributed by atoms with Crippen molar-refractivity contribution in [1.29, 1.82) is 0 Å². The van der Waals surface area contributed by atoms with Gasteiger partial charge in [-0.25, -0.2) is 4.98 Å². The fourth-order valence-corrected chi connectivity index (χ4v) is 2.60. The van der Waals surface area contributed by atoms with Crippen LogP contribution in [0.2, 0.25) is 0 Å². The minimum Gasteiger partial charge on any atom is -0.486 e. The zero-order valence-corrected chi connectivity index (χ0v) is 11.8. The van der Waals surface area contributed by atoms with Crippen LogP contribution < -0.4 is 10.5 Å². The summed E-state index contributed by atoms with van der Waals surface area (Å²) in [5, 5.41) is 1.01. The fourth-order valence-electron chi connectivity index (χ4n) is 1.75. The van der Waals surface area contributed by atoms with Gasteiger partial charge in [0.1, 0.15) is 17.4 Å². The van der Waals surface area contributed by atoms with Crippen LogP contribution in [0.25, 0.3) is 0 Å². The average Bonchev–Trinajstić information content (AvgIpc) is 2.67. The molecule has 3 nitrogen and oxygen atoms in total. The van der Waals surface area contributed by atoms with Gasteiger partial charge in [0.05, 0.1) is 5.69 Å². The number of benzene rings is 1. The number of aryl methyl sites for hydroxylation is 3. The lowest BCUT2D eigenvalue weighted by molar-refractivity contribution is 0.302. The van der Waals surface area contributed by atoms with E-state index in [9.17, 15) is 0 Å². The summed E-state index contributed by atoms with van der Waals surface area (Å²) in [5.74, 6) is 0.855. The third kappa shape index (κ3) is 2.89. The van der Waals surface area contributed by atoms with Gasteiger partial charge in [0.2, 0.25) is 0 Å². The summed E-state index contributed by atoms with van der Waals surface area (Å²) in [5.41, 5.74) is 9.05. The smallest absolute Gasteiger partial charge is 0.140 e. The number of ether oxygens (including phenoxy) is 1. The van der Waals surface area contributed by atoms with Crippen LogP contribution in [0.15, 0.2) is 18.2 Å². The number of nitrogens with zero attached hydrogens (tertiary/aromatic N) is 1. The van der Waals surface area contributed by atoms with E-state index >= 15 is 0 Å². The van der Waals surface area contributed by atoms with Crippen LogP contribution in [0.3, 0.4) is 0 Å². The first kappa shape index (κ1) is 13.1. The lowest BCUT2D eigenvalue weighted by Gasteiger charge is -2.09. The molecule has 0 bridgehead atoms. The molecule has 0 saturated heterocycles. The highest BCUT2D eigenvalue weighted by molar-refractivity contribution is 7.11. The monoisotopic (exact) mass is 262 g/mol. The van der Waals surface area contributed by atoms with Crippen LogP contribution in [-0.4, -0.2) is 4.98 Å². The number of rotatable bonds is 4. The molecule has 2 N–H and O–H groups in total. The van der Waals surface area contributed by atoms with Crippen molar-refractivity contribution in [3.05, 3.63) is 44.9 Å². The Balaban J connectivity index is 2.10. The van der Waals surface area contributed by atoms with Crippen molar-refractivity contribution in [2.75, 3.05) is 0 Å². The Morgan fingerprint density at radius 1 is 1.28 bits per heavy atom. The normalized spacial score (nSPS) is 10.7. The van der Waals surface area contributed by atoms with E-state index in [1.54, 1.807) is 11.3 Å². The van der Waals surface area contributed by atoms with Crippen molar-refractivity contribution < 1.29 is 4.74 Å². The lowest BCUT2D eigenvalue weighted by atomic mass is 10.1. The molecule has 0 atom stereocenters. The predicted octanol–water partition coefficient (Wildman–Crippen LogP) is 3.11. The van der Waals surface area contributed by atoms with Crippen molar-refractivity contribution in [2.24, 2.45) is 5.73 Å². The Morgan fingerprint density at radius 2 is 2.06 bits per heavy atom. The molecule has 0 radical (unpaired) electrons. The standard InChI is InChI=1S/C14H18N2OS/c1-9-4-5-13(12(6-9)7-15)17-8-14-16-10(2)11(3)18-14/h4-6H,7-8,15H2,1-3H3. The molecule has 2 aromatic rings. The van der Waals surface area contributed by atoms with Crippen LogP contribution >= 0.6 is 11.3 Å². The highest BCUT2D eigenvalue weighted by Crippen LogP contribution is 2.22. The van der Waals surface area contributed by atoms with Gasteiger partial charge >= 0.3 is 0 Å². The minimum absolute atomic E-state index is 0.493. The zero-order valence-electron chi connectivity index (χ0n) is 11.0. The molecule has 0 aliphatic rings. The Bertz CT molecular complexity index is 529. The molecule has 18 heavy (non-hydrogen) atoms. The van der Waals surface area contributed by atoms with E-state index in [1.165, 1.54) is 10.4 Å². The van der Waals surface area contributed by atoms with Gasteiger partial charge in [-0.05, 0) is 26.8 Å². The summed E-state index contributed by atoms with van der Waals surface area (Å²) in [6, 6.07) is 6.07. The van der Waals surface area contributed by atoms with E-state index in [4.69, 9.17) is 10.5 Å². The maximum atomic E-state index is 5.81. The summed E-state index contributed by atoms with van der Waals surface area (Å²) < 4.78 is 5.81. The van der Waals surface area contributed by atoms with Gasteiger partial charge in [0.25, 0.3) is 0 Å². The second-order valence-electron chi connectivity index (χ2n) is 4.35. The second kappa shape index (κ2) is 5.50. The molecule has 1 aromatic carbocycles. The van der Waals surface area contributed by atoms with Crippen molar-refractivity contribution in [3.63, 3.8) is 0 Å². The lowest BCUT2D eigenvalue weighted by Crippen LogP contribution is -2.03. The summed E-state index contributed by atoms with van der Waals surface area (Å²) in [6.45, 7) is 7.15. The third-order valence-electron chi connectivity index (χ3n) is 2.86. The molecule has 0 saturated carbocycles. The molecule has 1 heterocycles. The van der Waals surface area contributed by atoms with Crippen LogP contribution in [0.1, 0.15) is 26.7 Å². The van der Waals surface area contributed by atoms with Gasteiger partial charge in [-0.2, -0.15) is 0 Å². The van der Waals surface area contributed by atoms with Crippen LogP contribution in [-0.2, 0) is 13.2 Å². The molecule has 0 unspecified atom stereocenters. The van der Waals surface area contributed by atoms with Gasteiger partial charge in [0.15, 0.2) is 0 Å². The highest BCUT2D eigenvalue weighted by Gasteiger charge is 2.07. The van der Waals surface area contributed by atoms with Crippen LogP contribution in [0.5, 0.6) is 5.75 Å². The molecule has 4 heteroatoms. The molecule has 0 aliphatic heterocycles. The summed E-state index contributed by atoms with van der Waals surface area (Å²) >= 11 is 1.68. The second-order valence-corrected chi connectivity index (χ2v) is 5.64. The first-order valence-corrected chi connectivity index (χ1v) is 6.77. The largest absolute Gasteiger partial charge is 0.486 e. The summed E-state index contributed by atoms with van der Waals surface area (Å²) in [7, 11) is 0. The first-order valence-electron chi connectivity index (χ1n) is 5.95. The Morgan fingerprint density at radius 3 is 2.67 bits per heavy atom. The molecule has 0 spiro atoms. The zero-order chi connectivity index (χ0) is 13.1. The van der Waals surface area contributed by atoms with Gasteiger partial charge in [-0.1, -0.05) is 17.7 Å². The Hall–Kier alpha value is -1.39. The van der Waals surface area contributed by atoms with Gasteiger partial charge in [-0.3, -0.25) is 0 Å². The van der Waals surface area contributed by atoms with E-state index < -0.39 is 0 Å². The average molecular weight is 262 g/mol.